The Bertz CT molecular complexity index is 733. The smallest absolute Gasteiger partial charge is 0.248 e. The molecule has 3 N–H and O–H groups in total. The van der Waals surface area contributed by atoms with Crippen LogP contribution in [0.5, 0.6) is 11.5 Å². The number of anilines is 1. The number of nitrogens with two attached hydrogens (primary N) is 1. The van der Waals surface area contributed by atoms with Gasteiger partial charge in [-0.15, -0.1) is 0 Å². The van der Waals surface area contributed by atoms with E-state index in [2.05, 4.69) is 5.32 Å². The third kappa shape index (κ3) is 3.84. The molecule has 0 fully saturated rings. The summed E-state index contributed by atoms with van der Waals surface area (Å²) >= 11 is 0. The van der Waals surface area contributed by atoms with E-state index in [9.17, 15) is 9.59 Å². The van der Waals surface area contributed by atoms with Crippen LogP contribution in [-0.4, -0.2) is 11.8 Å². The van der Waals surface area contributed by atoms with Crippen LogP contribution < -0.4 is 15.8 Å². The standard InChI is InChI=1S/C16H13N3O3/c17-10-9-15(20)19-13-3-1-2-4-14(13)22-12-7-5-11(6-8-12)16(18)21/h1-8H,9H2,(H2,18,21)(H,19,20). The van der Waals surface area contributed by atoms with Crippen LogP contribution in [0.2, 0.25) is 0 Å². The van der Waals surface area contributed by atoms with Crippen molar-refractivity contribution in [3.8, 4) is 17.6 Å². The van der Waals surface area contributed by atoms with Crippen LogP contribution in [0.1, 0.15) is 16.8 Å². The minimum absolute atomic E-state index is 0.234. The molecule has 0 aliphatic heterocycles. The number of carbonyl (C=O) groups excluding carboxylic acids is 2. The molecule has 110 valence electrons. The maximum atomic E-state index is 11.5. The van der Waals surface area contributed by atoms with Gasteiger partial charge < -0.3 is 15.8 Å². The predicted octanol–water partition coefficient (Wildman–Crippen LogP) is 2.43. The summed E-state index contributed by atoms with van der Waals surface area (Å²) in [5.74, 6) is -0.00839. The molecule has 0 atom stereocenters. The highest BCUT2D eigenvalue weighted by Gasteiger charge is 2.08. The summed E-state index contributed by atoms with van der Waals surface area (Å²) in [4.78, 5) is 22.5. The number of amides is 2. The molecule has 2 aromatic rings. The molecule has 6 nitrogen and oxygen atoms in total. The third-order valence-electron chi connectivity index (χ3n) is 2.77. The number of hydrogen-bond acceptors (Lipinski definition) is 4. The van der Waals surface area contributed by atoms with Gasteiger partial charge in [0.1, 0.15) is 12.2 Å². The lowest BCUT2D eigenvalue weighted by Crippen LogP contribution is -2.11. The highest BCUT2D eigenvalue weighted by molar-refractivity contribution is 5.94. The topological polar surface area (TPSA) is 105 Å². The van der Waals surface area contributed by atoms with Crippen molar-refractivity contribution in [3.05, 3.63) is 54.1 Å². The van der Waals surface area contributed by atoms with Crippen LogP contribution >= 0.6 is 0 Å². The molecule has 0 spiro atoms. The van der Waals surface area contributed by atoms with Gasteiger partial charge in [0.25, 0.3) is 0 Å². The molecule has 0 saturated heterocycles. The fourth-order valence-electron chi connectivity index (χ4n) is 1.74. The van der Waals surface area contributed by atoms with Crippen molar-refractivity contribution in [1.29, 1.82) is 5.26 Å². The Kier molecular flexibility index (Phi) is 4.73. The van der Waals surface area contributed by atoms with Crippen LogP contribution in [0.3, 0.4) is 0 Å². The fourth-order valence-corrected chi connectivity index (χ4v) is 1.74. The van der Waals surface area contributed by atoms with Gasteiger partial charge >= 0.3 is 0 Å². The predicted molar refractivity (Wildman–Crippen MR) is 80.3 cm³/mol. The van der Waals surface area contributed by atoms with Crippen molar-refractivity contribution in [2.24, 2.45) is 5.73 Å². The van der Waals surface area contributed by atoms with Crippen LogP contribution in [0.15, 0.2) is 48.5 Å². The SMILES string of the molecule is N#CCC(=O)Nc1ccccc1Oc1ccc(C(N)=O)cc1. The van der Waals surface area contributed by atoms with Crippen molar-refractivity contribution in [1.82, 2.24) is 0 Å². The van der Waals surface area contributed by atoms with Gasteiger partial charge in [0, 0.05) is 5.56 Å². The number of primary amides is 1. The summed E-state index contributed by atoms with van der Waals surface area (Å²) in [6.07, 6.45) is -0.234. The van der Waals surface area contributed by atoms with E-state index in [1.54, 1.807) is 54.6 Å². The van der Waals surface area contributed by atoms with Gasteiger partial charge in [0.05, 0.1) is 11.8 Å². The second-order valence-electron chi connectivity index (χ2n) is 4.37. The van der Waals surface area contributed by atoms with E-state index in [1.807, 2.05) is 0 Å². The Labute approximate surface area is 127 Å². The van der Waals surface area contributed by atoms with Gasteiger partial charge in [0.15, 0.2) is 5.75 Å². The second kappa shape index (κ2) is 6.90. The zero-order valence-corrected chi connectivity index (χ0v) is 11.6. The Hall–Kier alpha value is -3.33. The molecule has 0 saturated carbocycles. The molecule has 2 rings (SSSR count). The molecule has 2 amide bonds. The van der Waals surface area contributed by atoms with E-state index in [4.69, 9.17) is 15.7 Å². The lowest BCUT2D eigenvalue weighted by molar-refractivity contribution is -0.115. The van der Waals surface area contributed by atoms with Crippen LogP contribution in [0, 0.1) is 11.3 Å². The van der Waals surface area contributed by atoms with Gasteiger partial charge in [-0.2, -0.15) is 5.26 Å². The Morgan fingerprint density at radius 2 is 1.82 bits per heavy atom. The first-order valence-corrected chi connectivity index (χ1v) is 6.43. The molecule has 0 aliphatic rings. The molecule has 6 heteroatoms. The summed E-state index contributed by atoms with van der Waals surface area (Å²) < 4.78 is 5.67. The van der Waals surface area contributed by atoms with Gasteiger partial charge in [0.2, 0.25) is 11.8 Å². The highest BCUT2D eigenvalue weighted by Crippen LogP contribution is 2.29. The summed E-state index contributed by atoms with van der Waals surface area (Å²) in [5.41, 5.74) is 6.01. The van der Waals surface area contributed by atoms with Crippen LogP contribution in [0.4, 0.5) is 5.69 Å². The normalized spacial score (nSPS) is 9.59. The van der Waals surface area contributed by atoms with Crippen molar-refractivity contribution in [2.75, 3.05) is 5.32 Å². The molecule has 0 aliphatic carbocycles. The first-order chi connectivity index (χ1) is 10.6. The molecular formula is C16H13N3O3. The average molecular weight is 295 g/mol. The number of hydrogen-bond donors (Lipinski definition) is 2. The van der Waals surface area contributed by atoms with E-state index >= 15 is 0 Å². The number of carbonyl (C=O) groups is 2. The lowest BCUT2D eigenvalue weighted by Gasteiger charge is -2.11. The van der Waals surface area contributed by atoms with E-state index in [1.165, 1.54) is 0 Å². The Morgan fingerprint density at radius 1 is 1.14 bits per heavy atom. The van der Waals surface area contributed by atoms with Crippen molar-refractivity contribution in [2.45, 2.75) is 6.42 Å². The number of nitrogens with one attached hydrogen (secondary N) is 1. The fraction of sp³-hybridized carbons (Fsp3) is 0.0625. The molecule has 0 unspecified atom stereocenters. The van der Waals surface area contributed by atoms with Crippen molar-refractivity contribution < 1.29 is 14.3 Å². The number of nitriles is 1. The Morgan fingerprint density at radius 3 is 2.45 bits per heavy atom. The van der Waals surface area contributed by atoms with Gasteiger partial charge in [-0.3, -0.25) is 9.59 Å². The molecule has 0 bridgehead atoms. The molecular weight excluding hydrogens is 282 g/mol. The van der Waals surface area contributed by atoms with E-state index < -0.39 is 11.8 Å². The minimum Gasteiger partial charge on any atom is -0.455 e. The summed E-state index contributed by atoms with van der Waals surface area (Å²) in [6, 6.07) is 14.9. The number of rotatable bonds is 5. The molecule has 22 heavy (non-hydrogen) atoms. The molecule has 0 radical (unpaired) electrons. The first kappa shape index (κ1) is 15.1. The van der Waals surface area contributed by atoms with E-state index in [-0.39, 0.29) is 6.42 Å². The van der Waals surface area contributed by atoms with Crippen molar-refractivity contribution in [3.63, 3.8) is 0 Å². The second-order valence-corrected chi connectivity index (χ2v) is 4.37. The minimum atomic E-state index is -0.518. The van der Waals surface area contributed by atoms with E-state index in [0.717, 1.165) is 0 Å². The first-order valence-electron chi connectivity index (χ1n) is 6.43. The average Bonchev–Trinajstić information content (AvgIpc) is 2.50. The number of para-hydroxylation sites is 2. The van der Waals surface area contributed by atoms with Crippen molar-refractivity contribution >= 4 is 17.5 Å². The maximum absolute atomic E-state index is 11.5. The largest absolute Gasteiger partial charge is 0.455 e. The van der Waals surface area contributed by atoms with Crippen LogP contribution in [0.25, 0.3) is 0 Å². The summed E-state index contributed by atoms with van der Waals surface area (Å²) in [7, 11) is 0. The van der Waals surface area contributed by atoms with Gasteiger partial charge in [-0.05, 0) is 36.4 Å². The monoisotopic (exact) mass is 295 g/mol. The number of nitrogens with zero attached hydrogens (tertiary/aromatic N) is 1. The molecule has 0 heterocycles. The number of benzene rings is 2. The van der Waals surface area contributed by atoms with E-state index in [0.29, 0.717) is 22.7 Å². The molecule has 2 aromatic carbocycles. The lowest BCUT2D eigenvalue weighted by atomic mass is 10.2. The van der Waals surface area contributed by atoms with Crippen LogP contribution in [-0.2, 0) is 4.79 Å². The zero-order chi connectivity index (χ0) is 15.9. The maximum Gasteiger partial charge on any atom is 0.248 e. The summed E-state index contributed by atoms with van der Waals surface area (Å²) in [6.45, 7) is 0. The third-order valence-corrected chi connectivity index (χ3v) is 2.77. The van der Waals surface area contributed by atoms with Gasteiger partial charge in [-0.25, -0.2) is 0 Å². The number of ether oxygens (including phenoxy) is 1. The quantitative estimate of drug-likeness (QED) is 0.883. The van der Waals surface area contributed by atoms with Gasteiger partial charge in [-0.1, -0.05) is 12.1 Å². The summed E-state index contributed by atoms with van der Waals surface area (Å²) in [5, 5.41) is 11.1. The zero-order valence-electron chi connectivity index (χ0n) is 11.6. The highest BCUT2D eigenvalue weighted by atomic mass is 16.5. The Balaban J connectivity index is 2.17. The molecule has 0 aromatic heterocycles.